The molecule has 2 rings (SSSR count). The molecule has 0 aromatic heterocycles. The maximum Gasteiger partial charge on any atom is 0.224 e. The summed E-state index contributed by atoms with van der Waals surface area (Å²) in [6.07, 6.45) is 5.26. The van der Waals surface area contributed by atoms with Crippen LogP contribution in [-0.4, -0.2) is 24.2 Å². The van der Waals surface area contributed by atoms with Crippen molar-refractivity contribution >= 4 is 5.91 Å². The van der Waals surface area contributed by atoms with Crippen LogP contribution >= 0.6 is 0 Å². The van der Waals surface area contributed by atoms with Gasteiger partial charge in [-0.15, -0.1) is 0 Å². The zero-order valence-electron chi connectivity index (χ0n) is 10.0. The van der Waals surface area contributed by atoms with Gasteiger partial charge in [-0.2, -0.15) is 0 Å². The third-order valence-corrected chi connectivity index (χ3v) is 3.21. The molecule has 3 nitrogen and oxygen atoms in total. The van der Waals surface area contributed by atoms with E-state index in [1.165, 1.54) is 30.4 Å². The van der Waals surface area contributed by atoms with Crippen molar-refractivity contribution in [3.05, 3.63) is 34.9 Å². The summed E-state index contributed by atoms with van der Waals surface area (Å²) in [5.74, 6) is -0.0187. The minimum atomic E-state index is -0.0187. The van der Waals surface area contributed by atoms with Crippen molar-refractivity contribution in [1.82, 2.24) is 5.32 Å². The van der Waals surface area contributed by atoms with E-state index < -0.39 is 0 Å². The highest BCUT2D eigenvalue weighted by atomic mass is 16.3. The van der Waals surface area contributed by atoms with E-state index in [2.05, 4.69) is 17.4 Å². The molecule has 0 saturated carbocycles. The summed E-state index contributed by atoms with van der Waals surface area (Å²) in [7, 11) is 0. The molecule has 0 bridgehead atoms. The van der Waals surface area contributed by atoms with Gasteiger partial charge in [0, 0.05) is 6.54 Å². The van der Waals surface area contributed by atoms with Crippen LogP contribution in [0.4, 0.5) is 0 Å². The van der Waals surface area contributed by atoms with Crippen LogP contribution in [0.1, 0.15) is 29.5 Å². The third-order valence-electron chi connectivity index (χ3n) is 3.21. The predicted molar refractivity (Wildman–Crippen MR) is 66.9 cm³/mol. The molecule has 2 N–H and O–H groups in total. The first kappa shape index (κ1) is 12.1. The zero-order valence-corrected chi connectivity index (χ0v) is 10.0. The van der Waals surface area contributed by atoms with Gasteiger partial charge in [0.15, 0.2) is 0 Å². The summed E-state index contributed by atoms with van der Waals surface area (Å²) in [5.41, 5.74) is 3.92. The lowest BCUT2D eigenvalue weighted by Gasteiger charge is -2.16. The molecule has 0 heterocycles. The van der Waals surface area contributed by atoms with Gasteiger partial charge in [-0.25, -0.2) is 0 Å². The lowest BCUT2D eigenvalue weighted by molar-refractivity contribution is -0.120. The number of rotatable bonds is 4. The zero-order chi connectivity index (χ0) is 12.1. The highest BCUT2D eigenvalue weighted by Gasteiger charge is 2.10. The summed E-state index contributed by atoms with van der Waals surface area (Å²) in [5, 5.41) is 11.3. The number of aliphatic hydroxyl groups excluding tert-OH is 1. The number of aliphatic hydroxyl groups is 1. The van der Waals surface area contributed by atoms with Crippen LogP contribution in [0.5, 0.6) is 0 Å². The van der Waals surface area contributed by atoms with Crippen LogP contribution in [-0.2, 0) is 24.1 Å². The average molecular weight is 233 g/mol. The Morgan fingerprint density at radius 1 is 1.24 bits per heavy atom. The van der Waals surface area contributed by atoms with Crippen LogP contribution in [0.2, 0.25) is 0 Å². The van der Waals surface area contributed by atoms with Crippen LogP contribution < -0.4 is 5.32 Å². The molecule has 92 valence electrons. The summed E-state index contributed by atoms with van der Waals surface area (Å²) < 4.78 is 0. The number of hydrogen-bond donors (Lipinski definition) is 2. The molecule has 0 saturated heterocycles. The third kappa shape index (κ3) is 3.30. The lowest BCUT2D eigenvalue weighted by atomic mass is 9.90. The number of amides is 1. The summed E-state index contributed by atoms with van der Waals surface area (Å²) >= 11 is 0. The Hall–Kier alpha value is -1.35. The van der Waals surface area contributed by atoms with Crippen molar-refractivity contribution in [2.24, 2.45) is 0 Å². The molecule has 0 radical (unpaired) electrons. The Labute approximate surface area is 102 Å². The average Bonchev–Trinajstić information content (AvgIpc) is 2.36. The van der Waals surface area contributed by atoms with Gasteiger partial charge in [-0.05, 0) is 42.4 Å². The Morgan fingerprint density at radius 2 is 2.00 bits per heavy atom. The fourth-order valence-electron chi connectivity index (χ4n) is 2.34. The molecule has 3 heteroatoms. The fraction of sp³-hybridized carbons (Fsp3) is 0.500. The van der Waals surface area contributed by atoms with E-state index in [1.807, 2.05) is 6.07 Å². The van der Waals surface area contributed by atoms with Crippen LogP contribution in [0.3, 0.4) is 0 Å². The summed E-state index contributed by atoms with van der Waals surface area (Å²) in [6.45, 7) is 0.333. The van der Waals surface area contributed by atoms with Gasteiger partial charge in [0.2, 0.25) is 5.91 Å². The van der Waals surface area contributed by atoms with Crippen LogP contribution in [0.15, 0.2) is 18.2 Å². The number of nitrogens with one attached hydrogen (secondary N) is 1. The van der Waals surface area contributed by atoms with Gasteiger partial charge in [0.1, 0.15) is 0 Å². The quantitative estimate of drug-likeness (QED) is 0.821. The first-order valence-electron chi connectivity index (χ1n) is 6.28. The molecular weight excluding hydrogens is 214 g/mol. The van der Waals surface area contributed by atoms with Crippen molar-refractivity contribution < 1.29 is 9.90 Å². The fourth-order valence-corrected chi connectivity index (χ4v) is 2.34. The molecule has 0 unspecified atom stereocenters. The van der Waals surface area contributed by atoms with E-state index in [4.69, 9.17) is 5.11 Å². The molecule has 0 aliphatic heterocycles. The van der Waals surface area contributed by atoms with Crippen molar-refractivity contribution in [2.75, 3.05) is 13.2 Å². The molecule has 0 fully saturated rings. The SMILES string of the molecule is O=C(Cc1ccc2c(c1)CCCC2)NCCO. The lowest BCUT2D eigenvalue weighted by Crippen LogP contribution is -2.27. The van der Waals surface area contributed by atoms with Gasteiger partial charge in [0.05, 0.1) is 13.0 Å². The van der Waals surface area contributed by atoms with Gasteiger partial charge in [0.25, 0.3) is 0 Å². The van der Waals surface area contributed by atoms with Gasteiger partial charge < -0.3 is 10.4 Å². The monoisotopic (exact) mass is 233 g/mol. The largest absolute Gasteiger partial charge is 0.395 e. The molecule has 1 aromatic rings. The molecule has 1 amide bonds. The van der Waals surface area contributed by atoms with Gasteiger partial charge >= 0.3 is 0 Å². The number of carbonyl (C=O) groups excluding carboxylic acids is 1. The molecule has 17 heavy (non-hydrogen) atoms. The molecule has 1 aliphatic carbocycles. The maximum absolute atomic E-state index is 11.5. The van der Waals surface area contributed by atoms with Crippen molar-refractivity contribution in [2.45, 2.75) is 32.1 Å². The Balaban J connectivity index is 1.99. The first-order valence-corrected chi connectivity index (χ1v) is 6.28. The standard InChI is InChI=1S/C14H19NO2/c16-8-7-15-14(17)10-11-5-6-12-3-1-2-4-13(12)9-11/h5-6,9,16H,1-4,7-8,10H2,(H,15,17). The van der Waals surface area contributed by atoms with E-state index in [9.17, 15) is 4.79 Å². The van der Waals surface area contributed by atoms with Crippen LogP contribution in [0, 0.1) is 0 Å². The van der Waals surface area contributed by atoms with E-state index in [0.717, 1.165) is 12.0 Å². The molecule has 0 spiro atoms. The maximum atomic E-state index is 11.5. The van der Waals surface area contributed by atoms with Gasteiger partial charge in [-0.1, -0.05) is 18.2 Å². The Morgan fingerprint density at radius 3 is 2.76 bits per heavy atom. The second kappa shape index (κ2) is 5.82. The van der Waals surface area contributed by atoms with Crippen molar-refractivity contribution in [3.8, 4) is 0 Å². The van der Waals surface area contributed by atoms with E-state index in [1.54, 1.807) is 0 Å². The second-order valence-corrected chi connectivity index (χ2v) is 4.56. The Kier molecular flexibility index (Phi) is 4.15. The number of carbonyl (C=O) groups is 1. The van der Waals surface area contributed by atoms with Crippen molar-refractivity contribution in [1.29, 1.82) is 0 Å². The topological polar surface area (TPSA) is 49.3 Å². The summed E-state index contributed by atoms with van der Waals surface area (Å²) in [4.78, 5) is 11.5. The first-order chi connectivity index (χ1) is 8.29. The second-order valence-electron chi connectivity index (χ2n) is 4.56. The number of benzene rings is 1. The Bertz CT molecular complexity index is 401. The van der Waals surface area contributed by atoms with E-state index >= 15 is 0 Å². The van der Waals surface area contributed by atoms with Crippen LogP contribution in [0.25, 0.3) is 0 Å². The molecule has 0 atom stereocenters. The molecule has 1 aliphatic rings. The normalized spacial score (nSPS) is 14.2. The molecular formula is C14H19NO2. The predicted octanol–water partition coefficient (Wildman–Crippen LogP) is 1.22. The highest BCUT2D eigenvalue weighted by molar-refractivity contribution is 5.78. The minimum absolute atomic E-state index is 0.00404. The summed E-state index contributed by atoms with van der Waals surface area (Å²) in [6, 6.07) is 6.36. The number of fused-ring (bicyclic) bond motifs is 1. The smallest absolute Gasteiger partial charge is 0.224 e. The highest BCUT2D eigenvalue weighted by Crippen LogP contribution is 2.22. The van der Waals surface area contributed by atoms with E-state index in [-0.39, 0.29) is 12.5 Å². The van der Waals surface area contributed by atoms with Crippen molar-refractivity contribution in [3.63, 3.8) is 0 Å². The molecule has 1 aromatic carbocycles. The number of aryl methyl sites for hydroxylation is 2. The van der Waals surface area contributed by atoms with Gasteiger partial charge in [-0.3, -0.25) is 4.79 Å². The number of hydrogen-bond acceptors (Lipinski definition) is 2. The van der Waals surface area contributed by atoms with E-state index in [0.29, 0.717) is 13.0 Å². The minimum Gasteiger partial charge on any atom is -0.395 e.